The number of rotatable bonds is 3. The first-order valence-electron chi connectivity index (χ1n) is 6.70. The number of aromatic amines is 1. The van der Waals surface area contributed by atoms with E-state index >= 15 is 0 Å². The van der Waals surface area contributed by atoms with Crippen LogP contribution in [0.2, 0.25) is 0 Å². The predicted molar refractivity (Wildman–Crippen MR) is 70.3 cm³/mol. The van der Waals surface area contributed by atoms with E-state index in [-0.39, 0.29) is 5.91 Å². The number of H-pyrrole nitrogens is 1. The zero-order chi connectivity index (χ0) is 13.1. The van der Waals surface area contributed by atoms with Crippen LogP contribution in [0.25, 0.3) is 0 Å². The van der Waals surface area contributed by atoms with Crippen LogP contribution in [0, 0.1) is 6.92 Å². The van der Waals surface area contributed by atoms with Crippen LogP contribution >= 0.6 is 0 Å². The molecule has 100 valence electrons. The van der Waals surface area contributed by atoms with E-state index in [0.717, 1.165) is 37.9 Å². The highest BCUT2D eigenvalue weighted by molar-refractivity contribution is 5.92. The third-order valence-corrected chi connectivity index (χ3v) is 3.71. The number of aryl methyl sites for hydroxylation is 1. The molecule has 0 bridgehead atoms. The molecule has 0 aromatic carbocycles. The van der Waals surface area contributed by atoms with E-state index in [4.69, 9.17) is 5.73 Å². The van der Waals surface area contributed by atoms with E-state index in [9.17, 15) is 4.79 Å². The van der Waals surface area contributed by atoms with Gasteiger partial charge in [-0.25, -0.2) is 0 Å². The van der Waals surface area contributed by atoms with Gasteiger partial charge in [0.2, 0.25) is 0 Å². The summed E-state index contributed by atoms with van der Waals surface area (Å²) in [5.74, 6) is 0.0299. The fourth-order valence-electron chi connectivity index (χ4n) is 2.66. The topological polar surface area (TPSA) is 75.0 Å². The van der Waals surface area contributed by atoms with E-state index in [2.05, 4.69) is 10.2 Å². The standard InChI is InChI=1S/C13H22N4O/c1-3-17(11-6-4-10(14)5-7-11)13(18)12-8-9(2)15-16-12/h8,10-11H,3-7,14H2,1-2H3,(H,15,16). The van der Waals surface area contributed by atoms with Crippen molar-refractivity contribution in [3.05, 3.63) is 17.5 Å². The Morgan fingerprint density at radius 3 is 2.67 bits per heavy atom. The minimum Gasteiger partial charge on any atom is -0.335 e. The van der Waals surface area contributed by atoms with E-state index in [1.807, 2.05) is 18.7 Å². The molecule has 1 aromatic heterocycles. The van der Waals surface area contributed by atoms with Gasteiger partial charge in [-0.2, -0.15) is 5.10 Å². The van der Waals surface area contributed by atoms with Gasteiger partial charge >= 0.3 is 0 Å². The summed E-state index contributed by atoms with van der Waals surface area (Å²) in [7, 11) is 0. The Labute approximate surface area is 108 Å². The Balaban J connectivity index is 2.06. The molecule has 0 saturated heterocycles. The third kappa shape index (κ3) is 2.72. The maximum atomic E-state index is 12.4. The van der Waals surface area contributed by atoms with Gasteiger partial charge in [0.25, 0.3) is 5.91 Å². The van der Waals surface area contributed by atoms with Crippen LogP contribution < -0.4 is 5.73 Å². The van der Waals surface area contributed by atoms with E-state index in [1.54, 1.807) is 6.07 Å². The van der Waals surface area contributed by atoms with Crippen molar-refractivity contribution in [3.63, 3.8) is 0 Å². The predicted octanol–water partition coefficient (Wildman–Crippen LogP) is 1.45. The fraction of sp³-hybridized carbons (Fsp3) is 0.692. The van der Waals surface area contributed by atoms with Gasteiger partial charge in [-0.15, -0.1) is 0 Å². The Kier molecular flexibility index (Phi) is 4.01. The normalized spacial score (nSPS) is 23.9. The summed E-state index contributed by atoms with van der Waals surface area (Å²) in [4.78, 5) is 14.3. The van der Waals surface area contributed by atoms with Crippen molar-refractivity contribution in [2.45, 2.75) is 51.6 Å². The number of aromatic nitrogens is 2. The second kappa shape index (κ2) is 5.52. The van der Waals surface area contributed by atoms with Gasteiger partial charge in [-0.05, 0) is 45.6 Å². The molecule has 0 spiro atoms. The van der Waals surface area contributed by atoms with Gasteiger partial charge in [0, 0.05) is 24.3 Å². The number of hydrogen-bond donors (Lipinski definition) is 2. The minimum absolute atomic E-state index is 0.0299. The number of amides is 1. The van der Waals surface area contributed by atoms with Gasteiger partial charge in [-0.3, -0.25) is 9.89 Å². The highest BCUT2D eigenvalue weighted by atomic mass is 16.2. The second-order valence-corrected chi connectivity index (χ2v) is 5.10. The molecule has 3 N–H and O–H groups in total. The summed E-state index contributed by atoms with van der Waals surface area (Å²) in [5, 5.41) is 6.87. The molecule has 1 aliphatic rings. The van der Waals surface area contributed by atoms with Gasteiger partial charge in [-0.1, -0.05) is 0 Å². The molecule has 0 radical (unpaired) electrons. The molecular weight excluding hydrogens is 228 g/mol. The highest BCUT2D eigenvalue weighted by Crippen LogP contribution is 2.23. The minimum atomic E-state index is 0.0299. The maximum Gasteiger partial charge on any atom is 0.274 e. The number of nitrogens with one attached hydrogen (secondary N) is 1. The lowest BCUT2D eigenvalue weighted by molar-refractivity contribution is 0.0634. The molecule has 1 amide bonds. The van der Waals surface area contributed by atoms with Crippen LogP contribution in [0.5, 0.6) is 0 Å². The molecule has 18 heavy (non-hydrogen) atoms. The summed E-state index contributed by atoms with van der Waals surface area (Å²) in [6.45, 7) is 4.65. The van der Waals surface area contributed by atoms with Gasteiger partial charge < -0.3 is 10.6 Å². The largest absolute Gasteiger partial charge is 0.335 e. The van der Waals surface area contributed by atoms with Crippen LogP contribution in [-0.4, -0.2) is 39.6 Å². The van der Waals surface area contributed by atoms with E-state index in [0.29, 0.717) is 17.8 Å². The molecular formula is C13H22N4O. The van der Waals surface area contributed by atoms with E-state index < -0.39 is 0 Å². The SMILES string of the molecule is CCN(C(=O)c1cc(C)[nH]n1)C1CCC(N)CC1. The third-order valence-electron chi connectivity index (χ3n) is 3.71. The maximum absolute atomic E-state index is 12.4. The molecule has 0 atom stereocenters. The van der Waals surface area contributed by atoms with Crippen molar-refractivity contribution in [2.24, 2.45) is 5.73 Å². The van der Waals surface area contributed by atoms with Crippen molar-refractivity contribution >= 4 is 5.91 Å². The van der Waals surface area contributed by atoms with Gasteiger partial charge in [0.1, 0.15) is 5.69 Å². The molecule has 1 saturated carbocycles. The van der Waals surface area contributed by atoms with Crippen molar-refractivity contribution < 1.29 is 4.79 Å². The van der Waals surface area contributed by atoms with Crippen molar-refractivity contribution in [1.29, 1.82) is 0 Å². The van der Waals surface area contributed by atoms with Crippen LogP contribution in [0.1, 0.15) is 48.8 Å². The lowest BCUT2D eigenvalue weighted by atomic mass is 9.90. The zero-order valence-corrected chi connectivity index (χ0v) is 11.1. The average Bonchev–Trinajstić information content (AvgIpc) is 2.79. The van der Waals surface area contributed by atoms with Crippen LogP contribution in [-0.2, 0) is 0 Å². The Bertz CT molecular complexity index is 407. The van der Waals surface area contributed by atoms with Crippen molar-refractivity contribution in [3.8, 4) is 0 Å². The number of hydrogen-bond acceptors (Lipinski definition) is 3. The van der Waals surface area contributed by atoms with Crippen molar-refractivity contribution in [2.75, 3.05) is 6.54 Å². The molecule has 1 aliphatic carbocycles. The first kappa shape index (κ1) is 13.1. The summed E-state index contributed by atoms with van der Waals surface area (Å²) in [5.41, 5.74) is 7.34. The summed E-state index contributed by atoms with van der Waals surface area (Å²) >= 11 is 0. The molecule has 0 unspecified atom stereocenters. The number of nitrogens with zero attached hydrogens (tertiary/aromatic N) is 2. The molecule has 1 fully saturated rings. The molecule has 5 nitrogen and oxygen atoms in total. The highest BCUT2D eigenvalue weighted by Gasteiger charge is 2.28. The Hall–Kier alpha value is -1.36. The first-order chi connectivity index (χ1) is 8.61. The summed E-state index contributed by atoms with van der Waals surface area (Å²) < 4.78 is 0. The molecule has 0 aliphatic heterocycles. The van der Waals surface area contributed by atoms with Crippen molar-refractivity contribution in [1.82, 2.24) is 15.1 Å². The fourth-order valence-corrected chi connectivity index (χ4v) is 2.66. The lowest BCUT2D eigenvalue weighted by Crippen LogP contribution is -2.44. The number of nitrogens with two attached hydrogens (primary N) is 1. The average molecular weight is 250 g/mol. The molecule has 1 aromatic rings. The Morgan fingerprint density at radius 1 is 1.50 bits per heavy atom. The van der Waals surface area contributed by atoms with Crippen LogP contribution in [0.4, 0.5) is 0 Å². The molecule has 5 heteroatoms. The summed E-state index contributed by atoms with van der Waals surface area (Å²) in [6.07, 6.45) is 4.02. The summed E-state index contributed by atoms with van der Waals surface area (Å²) in [6, 6.07) is 2.43. The molecule has 2 rings (SSSR count). The number of carbonyl (C=O) groups is 1. The molecule has 1 heterocycles. The van der Waals surface area contributed by atoms with Gasteiger partial charge in [0.15, 0.2) is 0 Å². The first-order valence-corrected chi connectivity index (χ1v) is 6.70. The van der Waals surface area contributed by atoms with E-state index in [1.165, 1.54) is 0 Å². The lowest BCUT2D eigenvalue weighted by Gasteiger charge is -2.35. The second-order valence-electron chi connectivity index (χ2n) is 5.10. The smallest absolute Gasteiger partial charge is 0.274 e. The van der Waals surface area contributed by atoms with Crippen LogP contribution in [0.3, 0.4) is 0 Å². The zero-order valence-electron chi connectivity index (χ0n) is 11.1. The van der Waals surface area contributed by atoms with Gasteiger partial charge in [0.05, 0.1) is 0 Å². The van der Waals surface area contributed by atoms with Crippen LogP contribution in [0.15, 0.2) is 6.07 Å². The monoisotopic (exact) mass is 250 g/mol. The number of carbonyl (C=O) groups excluding carboxylic acids is 1. The Morgan fingerprint density at radius 2 is 2.17 bits per heavy atom. The quantitative estimate of drug-likeness (QED) is 0.852.